The third-order valence-corrected chi connectivity index (χ3v) is 8.93. The Bertz CT molecular complexity index is 5180. The number of nitrogens with zero attached hydrogens (tertiary/aromatic N) is 5. The van der Waals surface area contributed by atoms with E-state index in [1.54, 1.807) is 0 Å². The van der Waals surface area contributed by atoms with Crippen LogP contribution in [0.4, 0.5) is 0 Å². The maximum atomic E-state index is 9.75. The van der Waals surface area contributed by atoms with Gasteiger partial charge >= 0.3 is 0 Å². The molecule has 0 fully saturated rings. The first-order valence-corrected chi connectivity index (χ1v) is 17.1. The molecule has 0 N–H and O–H groups in total. The second-order valence-corrected chi connectivity index (χ2v) is 12.4. The Labute approximate surface area is 389 Å². The zero-order valence-corrected chi connectivity index (χ0v) is 29.6. The summed E-state index contributed by atoms with van der Waals surface area (Å²) in [6, 6.07) is -31.2. The lowest BCUT2D eigenvalue weighted by molar-refractivity contribution is 0.415. The van der Waals surface area contributed by atoms with E-state index in [0.717, 1.165) is 4.57 Å². The molecule has 11 aromatic rings. The summed E-state index contributed by atoms with van der Waals surface area (Å²) in [5.41, 5.74) is -9.25. The lowest BCUT2D eigenvalue weighted by Crippen LogP contribution is -2.07. The number of hydrogen-bond acceptors (Lipinski definition) is 4. The van der Waals surface area contributed by atoms with Crippen LogP contribution >= 0.6 is 0 Å². The van der Waals surface area contributed by atoms with Crippen LogP contribution in [-0.4, -0.2) is 31.1 Å². The molecule has 3 heterocycles. The molecule has 0 bridgehead atoms. The highest BCUT2D eigenvalue weighted by atomic mass is 16.5. The van der Waals surface area contributed by atoms with Crippen molar-refractivity contribution in [2.75, 3.05) is 7.04 Å². The van der Waals surface area contributed by atoms with Crippen molar-refractivity contribution in [3.8, 4) is 62.4 Å². The first-order chi connectivity index (χ1) is 43.2. The minimum atomic E-state index is -3.32. The van der Waals surface area contributed by atoms with E-state index >= 15 is 0 Å². The summed E-state index contributed by atoms with van der Waals surface area (Å²) < 4.78 is 311. The Hall–Kier alpha value is -7.83. The Morgan fingerprint density at radius 3 is 1.41 bits per heavy atom. The van der Waals surface area contributed by atoms with Crippen LogP contribution in [0.15, 0.2) is 187 Å². The van der Waals surface area contributed by atoms with Crippen LogP contribution in [0.25, 0.3) is 100 Å². The number of para-hydroxylation sites is 3. The average Bonchev–Trinajstić information content (AvgIpc) is 1.52. The van der Waals surface area contributed by atoms with Gasteiger partial charge in [0.05, 0.1) is 75.7 Å². The lowest BCUT2D eigenvalue weighted by Gasteiger charge is -2.13. The van der Waals surface area contributed by atoms with Gasteiger partial charge in [-0.2, -0.15) is 9.97 Å². The molecule has 0 amide bonds. The van der Waals surface area contributed by atoms with E-state index in [4.69, 9.17) is 29.4 Å². The summed E-state index contributed by atoms with van der Waals surface area (Å²) in [7, 11) is -3.32. The third-order valence-electron chi connectivity index (χ3n) is 8.93. The quantitative estimate of drug-likeness (QED) is 0.161. The van der Waals surface area contributed by atoms with Crippen molar-refractivity contribution >= 4 is 43.6 Å². The summed E-state index contributed by atoms with van der Waals surface area (Å²) in [4.78, 5) is 13.5. The highest BCUT2D eigenvalue weighted by molar-refractivity contribution is 6.23. The molecule has 0 spiro atoms. The highest BCUT2D eigenvalue weighted by Crippen LogP contribution is 2.41. The van der Waals surface area contributed by atoms with Gasteiger partial charge in [-0.15, -0.1) is 0 Å². The molecule has 0 atom stereocenters. The second kappa shape index (κ2) is 14.0. The Balaban J connectivity index is 1.40. The second-order valence-electron chi connectivity index (χ2n) is 12.4. The van der Waals surface area contributed by atoms with Gasteiger partial charge in [-0.25, -0.2) is 4.98 Å². The van der Waals surface area contributed by atoms with Crippen molar-refractivity contribution in [2.45, 2.75) is 6.92 Å². The van der Waals surface area contributed by atoms with E-state index in [9.17, 15) is 21.9 Å². The number of hydrogen-bond donors (Lipinski definition) is 0. The maximum absolute atomic E-state index is 9.75. The SMILES string of the molecule is [2H]c1c([2H])c([2H])c(-n2c3c([2H])c([2H])c([2H])c([2H])c3c3c([2H])c([2H])c4c5c([2H])c([2H])c([2H])c([2H])c5n(-c5nc(-c6c([2H])c([2H])c(-c7c([2H])c([2H])c(C)c([2H])c7[2H])c([2H])c6[2H])nc(-c6c([2H])c([2H])c(-c7c([2H])c([2H])c(OC([2H])([2H])[2H])c([2H])c7[2H])c([2H])c6[2H])n5)c4c32)c([2H])c1[2H]. The highest BCUT2D eigenvalue weighted by Gasteiger charge is 2.23. The molecule has 280 valence electrons. The zero-order valence-electron chi connectivity index (χ0n) is 63.6. The van der Waals surface area contributed by atoms with Crippen LogP contribution in [0.1, 0.15) is 52.2 Å². The van der Waals surface area contributed by atoms with Gasteiger partial charge in [-0.05, 0) is 65.4 Å². The summed E-state index contributed by atoms with van der Waals surface area (Å²) in [6.07, 6.45) is 0. The molecule has 0 aliphatic rings. The van der Waals surface area contributed by atoms with Crippen LogP contribution in [-0.2, 0) is 0 Å². The minimum absolute atomic E-state index is 0.144. The molecular formula is C53H37N5O. The molecule has 6 heteroatoms. The van der Waals surface area contributed by atoms with Crippen LogP contribution < -0.4 is 4.74 Å². The lowest BCUT2D eigenvalue weighted by atomic mass is 10.0. The molecule has 6 nitrogen and oxygen atoms in total. The minimum Gasteiger partial charge on any atom is -0.497 e. The first kappa shape index (κ1) is 14.2. The van der Waals surface area contributed by atoms with Gasteiger partial charge < -0.3 is 9.30 Å². The van der Waals surface area contributed by atoms with Crippen LogP contribution in [0.3, 0.4) is 0 Å². The molecule has 0 saturated heterocycles. The molecule has 0 saturated carbocycles. The van der Waals surface area contributed by atoms with Crippen molar-refractivity contribution < 1.29 is 51.3 Å². The van der Waals surface area contributed by atoms with E-state index < -0.39 is 300 Å². The van der Waals surface area contributed by atoms with Gasteiger partial charge in [0.25, 0.3) is 0 Å². The molecule has 8 aromatic carbocycles. The Kier molecular flexibility index (Phi) is 3.37. The predicted octanol–water partition coefficient (Wildman–Crippen LogP) is 13.1. The van der Waals surface area contributed by atoms with Gasteiger partial charge in [0.1, 0.15) is 5.75 Å². The van der Waals surface area contributed by atoms with E-state index in [2.05, 4.69) is 15.0 Å². The molecule has 0 aliphatic carbocycles. The zero-order chi connectivity index (χ0) is 68.9. The Morgan fingerprint density at radius 2 is 0.864 bits per heavy atom. The summed E-state index contributed by atoms with van der Waals surface area (Å²) in [5.74, 6) is -4.30. The van der Waals surface area contributed by atoms with E-state index in [0.29, 0.717) is 4.57 Å². The molecular weight excluding hydrogens is 723 g/mol. The van der Waals surface area contributed by atoms with Crippen LogP contribution in [0.5, 0.6) is 5.75 Å². The Morgan fingerprint density at radius 1 is 0.424 bits per heavy atom. The molecule has 11 rings (SSSR count). The monoisotopic (exact) mass is 794 g/mol. The van der Waals surface area contributed by atoms with Gasteiger partial charge in [-0.1, -0.05) is 157 Å². The molecule has 0 radical (unpaired) electrons. The van der Waals surface area contributed by atoms with E-state index in [1.807, 2.05) is 0 Å². The van der Waals surface area contributed by atoms with Crippen molar-refractivity contribution in [3.63, 3.8) is 0 Å². The van der Waals surface area contributed by atoms with Crippen molar-refractivity contribution in [2.24, 2.45) is 0 Å². The van der Waals surface area contributed by atoms with Crippen LogP contribution in [0, 0.1) is 6.92 Å². The molecule has 0 unspecified atom stereocenters. The predicted molar refractivity (Wildman–Crippen MR) is 242 cm³/mol. The first-order valence-electron chi connectivity index (χ1n) is 34.1. The van der Waals surface area contributed by atoms with Crippen molar-refractivity contribution in [1.29, 1.82) is 0 Å². The summed E-state index contributed by atoms with van der Waals surface area (Å²) in [5, 5.41) is -2.63. The molecule has 59 heavy (non-hydrogen) atoms. The average molecular weight is 794 g/mol. The van der Waals surface area contributed by atoms with E-state index in [1.165, 1.54) is 6.92 Å². The van der Waals surface area contributed by atoms with E-state index in [-0.39, 0.29) is 5.56 Å². The number of rotatable bonds is 7. The number of fused-ring (bicyclic) bond motifs is 7. The standard InChI is InChI=1S/C53H37N5O/c1-34-16-18-35(19-17-34)36-20-24-39(25-21-36)51-54-52(40-26-22-37(23-27-40)38-28-30-42(59-2)31-29-38)56-53(55-51)58-48-15-9-7-13-44(48)46-33-32-45-43-12-6-8-14-47(43)57(49(45)50(46)58)41-10-4-3-5-11-41/h3-33H,1-2H3/i2D3,3D,4D,5D,6D,7D,8D,9D,10D,11D,12D,13D,14D,15D,16D,17D,18D,19D,20D,21D,22D,23D,24D,25D,26D,27D,28D,29D,30D,31D,32D,33D. The topological polar surface area (TPSA) is 57.8 Å². The number of ether oxygens (including phenoxy) is 1. The third kappa shape index (κ3) is 5.84. The number of benzene rings is 8. The maximum Gasteiger partial charge on any atom is 0.238 e. The molecule has 0 aliphatic heterocycles. The van der Waals surface area contributed by atoms with Gasteiger partial charge in [-0.3, -0.25) is 4.57 Å². The van der Waals surface area contributed by atoms with Gasteiger partial charge in [0, 0.05) is 38.4 Å². The fraction of sp³-hybridized carbons (Fsp3) is 0.0377. The molecule has 3 aromatic heterocycles. The fourth-order valence-corrected chi connectivity index (χ4v) is 6.35. The number of aromatic nitrogens is 5. The largest absolute Gasteiger partial charge is 0.497 e. The number of methoxy groups -OCH3 is 1. The van der Waals surface area contributed by atoms with Gasteiger partial charge in [0.15, 0.2) is 11.6 Å². The van der Waals surface area contributed by atoms with Crippen molar-refractivity contribution in [3.05, 3.63) is 193 Å². The smallest absolute Gasteiger partial charge is 0.238 e. The van der Waals surface area contributed by atoms with Crippen LogP contribution in [0.2, 0.25) is 0 Å². The normalized spacial score (nSPS) is 19.9. The van der Waals surface area contributed by atoms with Gasteiger partial charge in [0.2, 0.25) is 5.95 Å². The summed E-state index contributed by atoms with van der Waals surface area (Å²) in [6.45, 7) is 1.26. The summed E-state index contributed by atoms with van der Waals surface area (Å²) >= 11 is 0. The van der Waals surface area contributed by atoms with Crippen molar-refractivity contribution in [1.82, 2.24) is 24.1 Å². The fourth-order valence-electron chi connectivity index (χ4n) is 6.35.